The highest BCUT2D eigenvalue weighted by Crippen LogP contribution is 2.31. The highest BCUT2D eigenvalue weighted by Gasteiger charge is 2.24. The van der Waals surface area contributed by atoms with Gasteiger partial charge in [-0.25, -0.2) is 4.68 Å². The maximum Gasteiger partial charge on any atom is 0.253 e. The molecule has 7 heteroatoms. The van der Waals surface area contributed by atoms with E-state index in [1.807, 2.05) is 46.0 Å². The Morgan fingerprint density at radius 1 is 1.00 bits per heavy atom. The number of hydrogen-bond acceptors (Lipinski definition) is 4. The van der Waals surface area contributed by atoms with Crippen LogP contribution in [-0.4, -0.2) is 64.1 Å². The third-order valence-corrected chi connectivity index (χ3v) is 5.66. The maximum atomic E-state index is 12.5. The van der Waals surface area contributed by atoms with Crippen LogP contribution < -0.4 is 5.32 Å². The van der Waals surface area contributed by atoms with Crippen LogP contribution in [-0.2, 0) is 4.79 Å². The minimum atomic E-state index is -0.0254. The molecule has 1 aromatic heterocycles. The summed E-state index contributed by atoms with van der Waals surface area (Å²) in [5.41, 5.74) is 0.717. The first-order valence-electron chi connectivity index (χ1n) is 10.1. The number of nitrogens with zero attached hydrogens (tertiary/aromatic N) is 4. The van der Waals surface area contributed by atoms with Crippen molar-refractivity contribution in [2.75, 3.05) is 38.0 Å². The van der Waals surface area contributed by atoms with Gasteiger partial charge in [-0.3, -0.25) is 14.5 Å². The molecule has 1 saturated heterocycles. The molecular weight excluding hydrogens is 354 g/mol. The zero-order valence-electron chi connectivity index (χ0n) is 16.1. The molecule has 0 bridgehead atoms. The summed E-state index contributed by atoms with van der Waals surface area (Å²) in [6, 6.07) is 11.6. The van der Waals surface area contributed by atoms with Crippen LogP contribution in [0.3, 0.4) is 0 Å². The van der Waals surface area contributed by atoms with Gasteiger partial charge < -0.3 is 10.2 Å². The SMILES string of the molecule is O=C(CN1CCN(C(=O)c2ccccc2)CC1)Nc1ccnn1C1CCCC1. The van der Waals surface area contributed by atoms with Crippen molar-refractivity contribution in [2.24, 2.45) is 0 Å². The molecule has 28 heavy (non-hydrogen) atoms. The summed E-state index contributed by atoms with van der Waals surface area (Å²) < 4.78 is 1.96. The van der Waals surface area contributed by atoms with Crippen molar-refractivity contribution >= 4 is 17.6 Å². The standard InChI is InChI=1S/C21H27N5O2/c27-20(23-19-10-11-22-26(19)18-8-4-5-9-18)16-24-12-14-25(15-13-24)21(28)17-6-2-1-3-7-17/h1-3,6-7,10-11,18H,4-5,8-9,12-16H2,(H,23,27). The van der Waals surface area contributed by atoms with E-state index in [1.54, 1.807) is 6.20 Å². The molecular formula is C21H27N5O2. The number of anilines is 1. The minimum absolute atomic E-state index is 0.0254. The van der Waals surface area contributed by atoms with E-state index in [0.29, 0.717) is 44.3 Å². The van der Waals surface area contributed by atoms with Crippen LogP contribution in [0, 0.1) is 0 Å². The van der Waals surface area contributed by atoms with Crippen molar-refractivity contribution in [3.05, 3.63) is 48.2 Å². The highest BCUT2D eigenvalue weighted by molar-refractivity contribution is 5.94. The Hall–Kier alpha value is -2.67. The Morgan fingerprint density at radius 2 is 1.71 bits per heavy atom. The van der Waals surface area contributed by atoms with E-state index in [2.05, 4.69) is 15.3 Å². The number of carbonyl (C=O) groups is 2. The van der Waals surface area contributed by atoms with Crippen molar-refractivity contribution < 1.29 is 9.59 Å². The molecule has 0 unspecified atom stereocenters. The fourth-order valence-electron chi connectivity index (χ4n) is 4.11. The van der Waals surface area contributed by atoms with Gasteiger partial charge in [0, 0.05) is 37.8 Å². The molecule has 1 N–H and O–H groups in total. The fourth-order valence-corrected chi connectivity index (χ4v) is 4.11. The van der Waals surface area contributed by atoms with Crippen LogP contribution >= 0.6 is 0 Å². The lowest BCUT2D eigenvalue weighted by Crippen LogP contribution is -2.50. The van der Waals surface area contributed by atoms with Gasteiger partial charge in [0.1, 0.15) is 5.82 Å². The molecule has 0 radical (unpaired) electrons. The molecule has 2 aliphatic rings. The molecule has 2 amide bonds. The summed E-state index contributed by atoms with van der Waals surface area (Å²) in [7, 11) is 0. The van der Waals surface area contributed by atoms with E-state index < -0.39 is 0 Å². The van der Waals surface area contributed by atoms with Gasteiger partial charge in [0.25, 0.3) is 5.91 Å². The molecule has 2 aromatic rings. The average molecular weight is 381 g/mol. The number of piperazine rings is 1. The van der Waals surface area contributed by atoms with Crippen molar-refractivity contribution in [3.63, 3.8) is 0 Å². The van der Waals surface area contributed by atoms with Gasteiger partial charge in [-0.05, 0) is 25.0 Å². The number of amides is 2. The van der Waals surface area contributed by atoms with Gasteiger partial charge in [0.2, 0.25) is 5.91 Å². The summed E-state index contributed by atoms with van der Waals surface area (Å²) in [6.07, 6.45) is 6.46. The van der Waals surface area contributed by atoms with Gasteiger partial charge in [0.05, 0.1) is 18.8 Å². The first-order chi connectivity index (χ1) is 13.7. The molecule has 0 atom stereocenters. The molecule has 1 aromatic carbocycles. The summed E-state index contributed by atoms with van der Waals surface area (Å²) in [6.45, 7) is 3.02. The predicted molar refractivity (Wildman–Crippen MR) is 107 cm³/mol. The third-order valence-electron chi connectivity index (χ3n) is 5.66. The van der Waals surface area contributed by atoms with Crippen LogP contribution in [0.15, 0.2) is 42.6 Å². The Labute approximate surface area is 165 Å². The first-order valence-corrected chi connectivity index (χ1v) is 10.1. The van der Waals surface area contributed by atoms with E-state index >= 15 is 0 Å². The number of carbonyl (C=O) groups excluding carboxylic acids is 2. The molecule has 7 nitrogen and oxygen atoms in total. The first kappa shape index (κ1) is 18.7. The molecule has 0 spiro atoms. The Morgan fingerprint density at radius 3 is 2.43 bits per heavy atom. The summed E-state index contributed by atoms with van der Waals surface area (Å²) >= 11 is 0. The van der Waals surface area contributed by atoms with Gasteiger partial charge in [-0.15, -0.1) is 0 Å². The number of benzene rings is 1. The van der Waals surface area contributed by atoms with Crippen LogP contribution in [0.2, 0.25) is 0 Å². The average Bonchev–Trinajstić information content (AvgIpc) is 3.40. The molecule has 2 heterocycles. The van der Waals surface area contributed by atoms with E-state index in [1.165, 1.54) is 12.8 Å². The van der Waals surface area contributed by atoms with Gasteiger partial charge in [-0.2, -0.15) is 5.10 Å². The topological polar surface area (TPSA) is 70.5 Å². The lowest BCUT2D eigenvalue weighted by Gasteiger charge is -2.34. The largest absolute Gasteiger partial charge is 0.336 e. The predicted octanol–water partition coefficient (Wildman–Crippen LogP) is 2.39. The second-order valence-corrected chi connectivity index (χ2v) is 7.58. The second-order valence-electron chi connectivity index (χ2n) is 7.58. The zero-order chi connectivity index (χ0) is 19.3. The highest BCUT2D eigenvalue weighted by atomic mass is 16.2. The van der Waals surface area contributed by atoms with Crippen LogP contribution in [0.25, 0.3) is 0 Å². The van der Waals surface area contributed by atoms with E-state index in [4.69, 9.17) is 0 Å². The van der Waals surface area contributed by atoms with Crippen molar-refractivity contribution in [1.29, 1.82) is 0 Å². The van der Waals surface area contributed by atoms with Crippen molar-refractivity contribution in [2.45, 2.75) is 31.7 Å². The van der Waals surface area contributed by atoms with Crippen LogP contribution in [0.5, 0.6) is 0 Å². The van der Waals surface area contributed by atoms with Gasteiger partial charge >= 0.3 is 0 Å². The molecule has 1 aliphatic carbocycles. The Balaban J connectivity index is 1.27. The summed E-state index contributed by atoms with van der Waals surface area (Å²) in [4.78, 5) is 29.0. The fraction of sp³-hybridized carbons (Fsp3) is 0.476. The monoisotopic (exact) mass is 381 g/mol. The van der Waals surface area contributed by atoms with E-state index in [-0.39, 0.29) is 11.8 Å². The number of hydrogen-bond donors (Lipinski definition) is 1. The molecule has 1 saturated carbocycles. The quantitative estimate of drug-likeness (QED) is 0.863. The van der Waals surface area contributed by atoms with Crippen LogP contribution in [0.4, 0.5) is 5.82 Å². The molecule has 1 aliphatic heterocycles. The smallest absolute Gasteiger partial charge is 0.253 e. The van der Waals surface area contributed by atoms with Crippen molar-refractivity contribution in [1.82, 2.24) is 19.6 Å². The minimum Gasteiger partial charge on any atom is -0.336 e. The second kappa shape index (κ2) is 8.56. The number of aromatic nitrogens is 2. The van der Waals surface area contributed by atoms with Crippen LogP contribution in [0.1, 0.15) is 42.1 Å². The lowest BCUT2D eigenvalue weighted by atomic mass is 10.2. The molecule has 2 fully saturated rings. The van der Waals surface area contributed by atoms with E-state index in [0.717, 1.165) is 18.7 Å². The van der Waals surface area contributed by atoms with E-state index in [9.17, 15) is 9.59 Å². The van der Waals surface area contributed by atoms with Crippen molar-refractivity contribution in [3.8, 4) is 0 Å². The summed E-state index contributed by atoms with van der Waals surface area (Å²) in [5.74, 6) is 0.822. The normalized spacial score (nSPS) is 18.4. The third kappa shape index (κ3) is 4.25. The maximum absolute atomic E-state index is 12.5. The molecule has 148 valence electrons. The molecule has 4 rings (SSSR count). The lowest BCUT2D eigenvalue weighted by molar-refractivity contribution is -0.117. The zero-order valence-corrected chi connectivity index (χ0v) is 16.1. The Kier molecular flexibility index (Phi) is 5.71. The van der Waals surface area contributed by atoms with Gasteiger partial charge in [-0.1, -0.05) is 31.0 Å². The van der Waals surface area contributed by atoms with Gasteiger partial charge in [0.15, 0.2) is 0 Å². The Bertz CT molecular complexity index is 805. The summed E-state index contributed by atoms with van der Waals surface area (Å²) in [5, 5.41) is 7.41. The number of nitrogens with one attached hydrogen (secondary N) is 1. The number of rotatable bonds is 5.